The van der Waals surface area contributed by atoms with E-state index < -0.39 is 28.4 Å². The number of benzene rings is 2. The Morgan fingerprint density at radius 2 is 1.62 bits per heavy atom. The molecule has 2 aliphatic heterocycles. The van der Waals surface area contributed by atoms with Crippen LogP contribution in [0.2, 0.25) is 0 Å². The largest absolute Gasteiger partial charge is 0.374 e. The number of nitrogens with one attached hydrogen (secondary N) is 1. The molecule has 3 N–H and O–H groups in total. The van der Waals surface area contributed by atoms with E-state index in [4.69, 9.17) is 15.6 Å². The number of hydrazone groups is 1. The molecule has 0 spiro atoms. The lowest BCUT2D eigenvalue weighted by Gasteiger charge is -2.41. The van der Waals surface area contributed by atoms with Crippen LogP contribution in [0.15, 0.2) is 65.8 Å². The Morgan fingerprint density at radius 1 is 1.02 bits per heavy atom. The SMILES string of the molecule is CC(C)(N)C(=O)N[C@H](COCc1ccccc1)C(=O)N1CCC2=NN(C(C)(C)C)C(=O)C2(Cc2ccccc2)C1. The number of carbonyl (C=O) groups excluding carboxylic acids is 3. The number of piperidine rings is 1. The van der Waals surface area contributed by atoms with Crippen LogP contribution in [0.1, 0.15) is 52.2 Å². The topological polar surface area (TPSA) is 117 Å². The number of carbonyl (C=O) groups is 3. The standard InChI is InChI=1S/C31H41N5O4/c1-29(2,3)36-28(39)31(18-22-12-8-6-9-13-22)21-35(17-16-25(31)34-36)26(37)24(33-27(38)30(4,5)32)20-40-19-23-14-10-7-11-15-23/h6-15,24H,16-21,32H2,1-5H3,(H,33,38)/t24-,31?/m1/s1. The summed E-state index contributed by atoms with van der Waals surface area (Å²) in [5, 5.41) is 9.15. The van der Waals surface area contributed by atoms with Crippen molar-refractivity contribution in [2.24, 2.45) is 16.3 Å². The summed E-state index contributed by atoms with van der Waals surface area (Å²) in [6.45, 7) is 9.86. The van der Waals surface area contributed by atoms with Crippen LogP contribution in [0.5, 0.6) is 0 Å². The van der Waals surface area contributed by atoms with Gasteiger partial charge in [0, 0.05) is 19.5 Å². The molecule has 2 atom stereocenters. The van der Waals surface area contributed by atoms with Gasteiger partial charge < -0.3 is 20.7 Å². The van der Waals surface area contributed by atoms with E-state index in [-0.39, 0.29) is 25.0 Å². The maximum Gasteiger partial charge on any atom is 0.257 e. The van der Waals surface area contributed by atoms with Crippen LogP contribution >= 0.6 is 0 Å². The molecule has 40 heavy (non-hydrogen) atoms. The highest BCUT2D eigenvalue weighted by molar-refractivity contribution is 6.14. The summed E-state index contributed by atoms with van der Waals surface area (Å²) in [4.78, 5) is 42.6. The molecular weight excluding hydrogens is 506 g/mol. The Morgan fingerprint density at radius 3 is 2.20 bits per heavy atom. The van der Waals surface area contributed by atoms with Gasteiger partial charge in [-0.25, -0.2) is 5.01 Å². The summed E-state index contributed by atoms with van der Waals surface area (Å²) >= 11 is 0. The number of ether oxygens (including phenoxy) is 1. The summed E-state index contributed by atoms with van der Waals surface area (Å²) < 4.78 is 5.90. The maximum atomic E-state index is 14.1. The smallest absolute Gasteiger partial charge is 0.257 e. The van der Waals surface area contributed by atoms with Gasteiger partial charge in [-0.2, -0.15) is 5.10 Å². The number of hydrogen-bond donors (Lipinski definition) is 2. The molecule has 1 unspecified atom stereocenters. The lowest BCUT2D eigenvalue weighted by Crippen LogP contribution is -2.62. The number of hydrogen-bond acceptors (Lipinski definition) is 6. The van der Waals surface area contributed by atoms with Crippen molar-refractivity contribution in [1.82, 2.24) is 15.2 Å². The van der Waals surface area contributed by atoms with E-state index in [2.05, 4.69) is 5.32 Å². The van der Waals surface area contributed by atoms with E-state index in [1.54, 1.807) is 23.8 Å². The predicted octanol–water partition coefficient (Wildman–Crippen LogP) is 2.88. The Kier molecular flexibility index (Phi) is 8.46. The van der Waals surface area contributed by atoms with Crippen LogP contribution in [0, 0.1) is 5.41 Å². The first kappa shape index (κ1) is 29.4. The number of nitrogens with two attached hydrogens (primary N) is 1. The Hall–Kier alpha value is -3.56. The highest BCUT2D eigenvalue weighted by atomic mass is 16.5. The molecule has 2 heterocycles. The van der Waals surface area contributed by atoms with E-state index in [9.17, 15) is 14.4 Å². The molecule has 0 aliphatic carbocycles. The average molecular weight is 548 g/mol. The fraction of sp³-hybridized carbons (Fsp3) is 0.484. The molecule has 0 aromatic heterocycles. The molecule has 1 saturated heterocycles. The zero-order valence-corrected chi connectivity index (χ0v) is 24.1. The minimum atomic E-state index is -1.18. The van der Waals surface area contributed by atoms with Gasteiger partial charge in [-0.05, 0) is 52.2 Å². The molecular formula is C31H41N5O4. The van der Waals surface area contributed by atoms with E-state index in [0.29, 0.717) is 26.0 Å². The number of nitrogens with zero attached hydrogens (tertiary/aromatic N) is 3. The van der Waals surface area contributed by atoms with Gasteiger partial charge in [0.15, 0.2) is 0 Å². The molecule has 1 fully saturated rings. The molecule has 0 radical (unpaired) electrons. The molecule has 214 valence electrons. The van der Waals surface area contributed by atoms with Crippen molar-refractivity contribution in [2.75, 3.05) is 19.7 Å². The van der Waals surface area contributed by atoms with Crippen LogP contribution < -0.4 is 11.1 Å². The zero-order valence-electron chi connectivity index (χ0n) is 24.1. The minimum absolute atomic E-state index is 0.0270. The van der Waals surface area contributed by atoms with Crippen LogP contribution in [0.4, 0.5) is 0 Å². The van der Waals surface area contributed by atoms with Crippen molar-refractivity contribution in [3.05, 3.63) is 71.8 Å². The van der Waals surface area contributed by atoms with Gasteiger partial charge in [0.05, 0.1) is 30.0 Å². The van der Waals surface area contributed by atoms with Crippen molar-refractivity contribution < 1.29 is 19.1 Å². The summed E-state index contributed by atoms with van der Waals surface area (Å²) in [7, 11) is 0. The molecule has 9 heteroatoms. The quantitative estimate of drug-likeness (QED) is 0.501. The van der Waals surface area contributed by atoms with E-state index in [1.165, 1.54) is 0 Å². The molecule has 0 bridgehead atoms. The van der Waals surface area contributed by atoms with Crippen molar-refractivity contribution in [3.8, 4) is 0 Å². The van der Waals surface area contributed by atoms with Crippen molar-refractivity contribution in [1.29, 1.82) is 0 Å². The third-order valence-corrected chi connectivity index (χ3v) is 7.33. The fourth-order valence-corrected chi connectivity index (χ4v) is 5.11. The second-order valence-corrected chi connectivity index (χ2v) is 12.3. The third-order valence-electron chi connectivity index (χ3n) is 7.33. The summed E-state index contributed by atoms with van der Waals surface area (Å²) in [5.41, 5.74) is 6.12. The maximum absolute atomic E-state index is 14.1. The first-order valence-corrected chi connectivity index (χ1v) is 13.8. The normalized spacial score (nSPS) is 20.1. The van der Waals surface area contributed by atoms with Crippen molar-refractivity contribution in [2.45, 2.75) is 71.2 Å². The highest BCUT2D eigenvalue weighted by Gasteiger charge is 2.56. The molecule has 4 rings (SSSR count). The summed E-state index contributed by atoms with van der Waals surface area (Å²) in [6, 6.07) is 18.5. The van der Waals surface area contributed by atoms with Crippen LogP contribution in [-0.2, 0) is 32.1 Å². The van der Waals surface area contributed by atoms with Crippen molar-refractivity contribution >= 4 is 23.4 Å². The van der Waals surface area contributed by atoms with Crippen molar-refractivity contribution in [3.63, 3.8) is 0 Å². The number of fused-ring (bicyclic) bond motifs is 1. The van der Waals surface area contributed by atoms with E-state index in [0.717, 1.165) is 16.8 Å². The first-order chi connectivity index (χ1) is 18.8. The van der Waals surface area contributed by atoms with Gasteiger partial charge in [-0.1, -0.05) is 60.7 Å². The van der Waals surface area contributed by atoms with E-state index in [1.807, 2.05) is 81.4 Å². The Labute approximate surface area is 236 Å². The average Bonchev–Trinajstić information content (AvgIpc) is 3.20. The molecule has 9 nitrogen and oxygen atoms in total. The first-order valence-electron chi connectivity index (χ1n) is 13.8. The lowest BCUT2D eigenvalue weighted by molar-refractivity contribution is -0.146. The number of amides is 3. The van der Waals surface area contributed by atoms with Gasteiger partial charge in [-0.3, -0.25) is 14.4 Å². The Balaban J connectivity index is 1.59. The summed E-state index contributed by atoms with van der Waals surface area (Å²) in [5.74, 6) is -0.872. The molecule has 2 aromatic carbocycles. The highest BCUT2D eigenvalue weighted by Crippen LogP contribution is 2.41. The van der Waals surface area contributed by atoms with Crippen LogP contribution in [0.25, 0.3) is 0 Å². The summed E-state index contributed by atoms with van der Waals surface area (Å²) in [6.07, 6.45) is 0.893. The minimum Gasteiger partial charge on any atom is -0.374 e. The molecule has 2 aliphatic rings. The number of rotatable bonds is 9. The fourth-order valence-electron chi connectivity index (χ4n) is 5.11. The predicted molar refractivity (Wildman–Crippen MR) is 154 cm³/mol. The molecule has 3 amide bonds. The van der Waals surface area contributed by atoms with Crippen LogP contribution in [-0.4, -0.2) is 70.2 Å². The monoisotopic (exact) mass is 547 g/mol. The van der Waals surface area contributed by atoms with Gasteiger partial charge in [0.2, 0.25) is 11.8 Å². The van der Waals surface area contributed by atoms with Gasteiger partial charge in [-0.15, -0.1) is 0 Å². The molecule has 2 aromatic rings. The number of likely N-dealkylation sites (tertiary alicyclic amines) is 1. The Bertz CT molecular complexity index is 1250. The van der Waals surface area contributed by atoms with E-state index >= 15 is 0 Å². The van der Waals surface area contributed by atoms with Gasteiger partial charge >= 0.3 is 0 Å². The lowest BCUT2D eigenvalue weighted by atomic mass is 9.73. The second kappa shape index (κ2) is 11.5. The molecule has 0 saturated carbocycles. The van der Waals surface area contributed by atoms with Gasteiger partial charge in [0.1, 0.15) is 11.5 Å². The van der Waals surface area contributed by atoms with Crippen LogP contribution in [0.3, 0.4) is 0 Å². The third kappa shape index (κ3) is 6.42. The van der Waals surface area contributed by atoms with Gasteiger partial charge in [0.25, 0.3) is 5.91 Å². The zero-order chi connectivity index (χ0) is 29.1. The second-order valence-electron chi connectivity index (χ2n) is 12.3.